The molecule has 1 N–H and O–H groups in total. The van der Waals surface area contributed by atoms with Crippen molar-refractivity contribution in [2.45, 2.75) is 19.8 Å². The van der Waals surface area contributed by atoms with Gasteiger partial charge in [0.2, 0.25) is 5.89 Å². The Morgan fingerprint density at radius 1 is 1.59 bits per heavy atom. The Morgan fingerprint density at radius 2 is 2.41 bits per heavy atom. The molecule has 0 saturated carbocycles. The maximum atomic E-state index is 10.5. The van der Waals surface area contributed by atoms with E-state index in [4.69, 9.17) is 9.52 Å². The molecule has 0 fully saturated rings. The summed E-state index contributed by atoms with van der Waals surface area (Å²) >= 11 is 1.42. The SMILES string of the molecule is CC(CC(=O)O)Cc1nnc(-c2cncs2)o1. The van der Waals surface area contributed by atoms with Crippen LogP contribution < -0.4 is 0 Å². The zero-order valence-corrected chi connectivity index (χ0v) is 9.98. The number of rotatable bonds is 5. The number of aliphatic carboxylic acids is 1. The van der Waals surface area contributed by atoms with E-state index < -0.39 is 5.97 Å². The van der Waals surface area contributed by atoms with Crippen LogP contribution in [0.1, 0.15) is 19.2 Å². The fourth-order valence-corrected chi connectivity index (χ4v) is 1.97. The molecule has 0 spiro atoms. The lowest BCUT2D eigenvalue weighted by atomic mass is 10.0. The molecule has 17 heavy (non-hydrogen) atoms. The van der Waals surface area contributed by atoms with Crippen LogP contribution in [-0.4, -0.2) is 26.3 Å². The summed E-state index contributed by atoms with van der Waals surface area (Å²) in [6, 6.07) is 0. The molecule has 0 saturated heterocycles. The van der Waals surface area contributed by atoms with Gasteiger partial charge in [0.25, 0.3) is 5.89 Å². The molecule has 1 atom stereocenters. The first kappa shape index (κ1) is 11.7. The summed E-state index contributed by atoms with van der Waals surface area (Å²) in [6.07, 6.45) is 2.22. The van der Waals surface area contributed by atoms with E-state index in [1.54, 1.807) is 11.7 Å². The standard InChI is InChI=1S/C10H11N3O3S/c1-6(3-9(14)15)2-8-12-13-10(16-8)7-4-11-5-17-7/h4-6H,2-3H2,1H3,(H,14,15). The highest BCUT2D eigenvalue weighted by atomic mass is 32.1. The molecule has 0 radical (unpaired) electrons. The molecule has 0 aliphatic heterocycles. The highest BCUT2D eigenvalue weighted by Gasteiger charge is 2.14. The predicted molar refractivity (Wildman–Crippen MR) is 60.5 cm³/mol. The van der Waals surface area contributed by atoms with E-state index >= 15 is 0 Å². The molecule has 2 heterocycles. The van der Waals surface area contributed by atoms with Crippen molar-refractivity contribution in [2.75, 3.05) is 0 Å². The summed E-state index contributed by atoms with van der Waals surface area (Å²) in [6.45, 7) is 1.84. The van der Waals surface area contributed by atoms with Crippen molar-refractivity contribution in [3.8, 4) is 10.8 Å². The second-order valence-electron chi connectivity index (χ2n) is 3.77. The average molecular weight is 253 g/mol. The Labute approximate surface area is 101 Å². The molecule has 7 heteroatoms. The second-order valence-corrected chi connectivity index (χ2v) is 4.66. The zero-order chi connectivity index (χ0) is 12.3. The lowest BCUT2D eigenvalue weighted by Crippen LogP contribution is -2.07. The molecule has 0 aliphatic carbocycles. The Morgan fingerprint density at radius 3 is 3.06 bits per heavy atom. The maximum absolute atomic E-state index is 10.5. The van der Waals surface area contributed by atoms with Crippen LogP contribution in [0.5, 0.6) is 0 Å². The van der Waals surface area contributed by atoms with Crippen molar-refractivity contribution in [1.82, 2.24) is 15.2 Å². The third kappa shape index (κ3) is 3.10. The van der Waals surface area contributed by atoms with Gasteiger partial charge in [0.1, 0.15) is 4.88 Å². The summed E-state index contributed by atoms with van der Waals surface area (Å²) < 4.78 is 5.44. The molecule has 0 amide bonds. The molecule has 0 bridgehead atoms. The molecule has 90 valence electrons. The van der Waals surface area contributed by atoms with Crippen LogP contribution in [-0.2, 0) is 11.2 Å². The van der Waals surface area contributed by atoms with Crippen LogP contribution in [0.15, 0.2) is 16.1 Å². The van der Waals surface area contributed by atoms with Gasteiger partial charge in [-0.15, -0.1) is 21.5 Å². The van der Waals surface area contributed by atoms with Crippen molar-refractivity contribution in [3.05, 3.63) is 17.6 Å². The first-order valence-corrected chi connectivity index (χ1v) is 5.96. The maximum Gasteiger partial charge on any atom is 0.303 e. The predicted octanol–water partition coefficient (Wildman–Crippen LogP) is 1.85. The van der Waals surface area contributed by atoms with E-state index in [1.807, 2.05) is 6.92 Å². The number of carboxylic acid groups (broad SMARTS) is 1. The largest absolute Gasteiger partial charge is 0.481 e. The molecule has 2 aromatic rings. The van der Waals surface area contributed by atoms with E-state index in [-0.39, 0.29) is 12.3 Å². The molecule has 2 rings (SSSR count). The minimum absolute atomic E-state index is 0.0257. The van der Waals surface area contributed by atoms with Crippen molar-refractivity contribution in [2.24, 2.45) is 5.92 Å². The van der Waals surface area contributed by atoms with E-state index in [2.05, 4.69) is 15.2 Å². The molecule has 1 unspecified atom stereocenters. The third-order valence-corrected chi connectivity index (χ3v) is 2.92. The Balaban J connectivity index is 2.01. The van der Waals surface area contributed by atoms with Crippen LogP contribution in [0.3, 0.4) is 0 Å². The Kier molecular flexibility index (Phi) is 3.48. The van der Waals surface area contributed by atoms with Crippen LogP contribution in [0.2, 0.25) is 0 Å². The Hall–Kier alpha value is -1.76. The molecule has 0 aromatic carbocycles. The summed E-state index contributed by atoms with van der Waals surface area (Å²) in [5, 5.41) is 16.4. The van der Waals surface area contributed by atoms with Gasteiger partial charge in [-0.05, 0) is 5.92 Å². The van der Waals surface area contributed by atoms with Crippen LogP contribution in [0, 0.1) is 5.92 Å². The minimum Gasteiger partial charge on any atom is -0.481 e. The van der Waals surface area contributed by atoms with E-state index in [0.717, 1.165) is 4.88 Å². The van der Waals surface area contributed by atoms with Gasteiger partial charge in [-0.1, -0.05) is 6.92 Å². The van der Waals surface area contributed by atoms with Gasteiger partial charge in [0, 0.05) is 12.8 Å². The van der Waals surface area contributed by atoms with Gasteiger partial charge in [-0.2, -0.15) is 0 Å². The van der Waals surface area contributed by atoms with Crippen molar-refractivity contribution >= 4 is 17.3 Å². The van der Waals surface area contributed by atoms with Gasteiger partial charge in [0.15, 0.2) is 0 Å². The number of aromatic nitrogens is 3. The lowest BCUT2D eigenvalue weighted by Gasteiger charge is -2.03. The highest BCUT2D eigenvalue weighted by molar-refractivity contribution is 7.13. The fraction of sp³-hybridized carbons (Fsp3) is 0.400. The van der Waals surface area contributed by atoms with E-state index in [1.165, 1.54) is 11.3 Å². The normalized spacial score (nSPS) is 12.5. The number of carboxylic acids is 1. The summed E-state index contributed by atoms with van der Waals surface area (Å²) in [4.78, 5) is 15.3. The second kappa shape index (κ2) is 5.05. The first-order chi connectivity index (χ1) is 8.15. The number of hydrogen-bond acceptors (Lipinski definition) is 6. The third-order valence-electron chi connectivity index (χ3n) is 2.16. The topological polar surface area (TPSA) is 89.1 Å². The molecular formula is C10H11N3O3S. The number of hydrogen-bond donors (Lipinski definition) is 1. The van der Waals surface area contributed by atoms with Crippen molar-refractivity contribution in [1.29, 1.82) is 0 Å². The lowest BCUT2D eigenvalue weighted by molar-refractivity contribution is -0.137. The molecular weight excluding hydrogens is 242 g/mol. The minimum atomic E-state index is -0.820. The number of carbonyl (C=O) groups is 1. The van der Waals surface area contributed by atoms with Gasteiger partial charge >= 0.3 is 5.97 Å². The Bertz CT molecular complexity index is 495. The smallest absolute Gasteiger partial charge is 0.303 e. The molecule has 6 nitrogen and oxygen atoms in total. The van der Waals surface area contributed by atoms with Gasteiger partial charge in [-0.25, -0.2) is 0 Å². The average Bonchev–Trinajstić information content (AvgIpc) is 2.84. The summed E-state index contributed by atoms with van der Waals surface area (Å²) in [5.41, 5.74) is 1.69. The van der Waals surface area contributed by atoms with E-state index in [0.29, 0.717) is 18.2 Å². The van der Waals surface area contributed by atoms with Gasteiger partial charge in [0.05, 0.1) is 11.7 Å². The fourth-order valence-electron chi connectivity index (χ4n) is 1.43. The summed E-state index contributed by atoms with van der Waals surface area (Å²) in [5.74, 6) is 0.0501. The van der Waals surface area contributed by atoms with Crippen LogP contribution in [0.25, 0.3) is 10.8 Å². The van der Waals surface area contributed by atoms with Crippen LogP contribution >= 0.6 is 11.3 Å². The molecule has 2 aromatic heterocycles. The van der Waals surface area contributed by atoms with Crippen molar-refractivity contribution in [3.63, 3.8) is 0 Å². The number of nitrogens with zero attached hydrogens (tertiary/aromatic N) is 3. The summed E-state index contributed by atoms with van der Waals surface area (Å²) in [7, 11) is 0. The monoisotopic (exact) mass is 253 g/mol. The first-order valence-electron chi connectivity index (χ1n) is 5.08. The molecule has 0 aliphatic rings. The zero-order valence-electron chi connectivity index (χ0n) is 9.16. The number of thiazole rings is 1. The van der Waals surface area contributed by atoms with Gasteiger partial charge < -0.3 is 9.52 Å². The van der Waals surface area contributed by atoms with E-state index in [9.17, 15) is 4.79 Å². The van der Waals surface area contributed by atoms with Gasteiger partial charge in [-0.3, -0.25) is 9.78 Å². The quantitative estimate of drug-likeness (QED) is 0.874. The highest BCUT2D eigenvalue weighted by Crippen LogP contribution is 2.22. The van der Waals surface area contributed by atoms with Crippen molar-refractivity contribution < 1.29 is 14.3 Å². The van der Waals surface area contributed by atoms with Crippen LogP contribution in [0.4, 0.5) is 0 Å².